The second-order valence-corrected chi connectivity index (χ2v) is 4.44. The van der Waals surface area contributed by atoms with Crippen LogP contribution in [0.1, 0.15) is 20.8 Å². The van der Waals surface area contributed by atoms with Crippen LogP contribution in [0, 0.1) is 15.5 Å². The summed E-state index contributed by atoms with van der Waals surface area (Å²) >= 11 is 0. The van der Waals surface area contributed by atoms with Gasteiger partial charge < -0.3 is 5.32 Å². The van der Waals surface area contributed by atoms with Crippen molar-refractivity contribution in [2.75, 3.05) is 11.9 Å². The lowest BCUT2D eigenvalue weighted by molar-refractivity contribution is -0.385. The highest BCUT2D eigenvalue weighted by Gasteiger charge is 2.11. The molecule has 0 radical (unpaired) electrons. The molecule has 6 heteroatoms. The molecule has 0 aliphatic heterocycles. The van der Waals surface area contributed by atoms with Crippen LogP contribution in [0.5, 0.6) is 0 Å². The molecule has 82 valence electrons. The van der Waals surface area contributed by atoms with Gasteiger partial charge in [-0.05, 0) is 5.41 Å². The number of aromatic nitrogens is 2. The van der Waals surface area contributed by atoms with E-state index in [0.29, 0.717) is 12.5 Å². The first-order chi connectivity index (χ1) is 6.88. The van der Waals surface area contributed by atoms with Crippen molar-refractivity contribution in [3.63, 3.8) is 0 Å². The van der Waals surface area contributed by atoms with E-state index in [9.17, 15) is 10.1 Å². The van der Waals surface area contributed by atoms with E-state index in [2.05, 4.69) is 36.1 Å². The molecule has 0 amide bonds. The van der Waals surface area contributed by atoms with Crippen LogP contribution in [0.4, 0.5) is 11.6 Å². The van der Waals surface area contributed by atoms with Gasteiger partial charge in [0.1, 0.15) is 12.4 Å². The first kappa shape index (κ1) is 11.4. The number of rotatable bonds is 3. The van der Waals surface area contributed by atoms with Crippen LogP contribution in [0.3, 0.4) is 0 Å². The zero-order valence-corrected chi connectivity index (χ0v) is 9.02. The van der Waals surface area contributed by atoms with Gasteiger partial charge in [0.25, 0.3) is 0 Å². The number of nitrogens with one attached hydrogen (secondary N) is 1. The predicted octanol–water partition coefficient (Wildman–Crippen LogP) is 1.84. The van der Waals surface area contributed by atoms with Crippen molar-refractivity contribution < 1.29 is 4.92 Å². The summed E-state index contributed by atoms with van der Waals surface area (Å²) in [5.74, 6) is 0.413. The quantitative estimate of drug-likeness (QED) is 0.608. The van der Waals surface area contributed by atoms with Gasteiger partial charge in [0.15, 0.2) is 0 Å². The van der Waals surface area contributed by atoms with Crippen molar-refractivity contribution in [3.05, 3.63) is 22.5 Å². The fourth-order valence-electron chi connectivity index (χ4n) is 0.851. The van der Waals surface area contributed by atoms with E-state index >= 15 is 0 Å². The average molecular weight is 210 g/mol. The highest BCUT2D eigenvalue weighted by molar-refractivity contribution is 5.30. The van der Waals surface area contributed by atoms with E-state index in [0.717, 1.165) is 0 Å². The van der Waals surface area contributed by atoms with Crippen molar-refractivity contribution >= 4 is 11.6 Å². The maximum absolute atomic E-state index is 10.3. The third-order valence-electron chi connectivity index (χ3n) is 1.63. The van der Waals surface area contributed by atoms with Crippen molar-refractivity contribution in [2.24, 2.45) is 5.41 Å². The summed E-state index contributed by atoms with van der Waals surface area (Å²) < 4.78 is 0. The molecule has 0 atom stereocenters. The summed E-state index contributed by atoms with van der Waals surface area (Å²) in [6.45, 7) is 6.94. The number of nitro groups is 1. The summed E-state index contributed by atoms with van der Waals surface area (Å²) in [7, 11) is 0. The minimum Gasteiger partial charge on any atom is -0.354 e. The normalized spacial score (nSPS) is 11.1. The van der Waals surface area contributed by atoms with Gasteiger partial charge in [-0.25, -0.2) is 9.97 Å². The number of anilines is 1. The molecule has 1 heterocycles. The summed E-state index contributed by atoms with van der Waals surface area (Å²) in [4.78, 5) is 17.5. The molecule has 0 aliphatic rings. The second-order valence-electron chi connectivity index (χ2n) is 4.44. The lowest BCUT2D eigenvalue weighted by Gasteiger charge is -2.18. The molecule has 0 aromatic carbocycles. The number of hydrogen-bond acceptors (Lipinski definition) is 5. The van der Waals surface area contributed by atoms with Crippen LogP contribution in [-0.2, 0) is 0 Å². The van der Waals surface area contributed by atoms with E-state index in [1.807, 2.05) is 0 Å². The molecule has 0 saturated heterocycles. The summed E-state index contributed by atoms with van der Waals surface area (Å²) in [6.07, 6.45) is 2.38. The Hall–Kier alpha value is -1.72. The maximum Gasteiger partial charge on any atom is 0.305 e. The standard InChI is InChI=1S/C9H14N4O2/c1-9(2,3)6-12-8-10-4-7(5-11-8)13(14)15/h4-5H,6H2,1-3H3,(H,10,11,12). The Morgan fingerprint density at radius 2 is 1.93 bits per heavy atom. The van der Waals surface area contributed by atoms with Gasteiger partial charge in [0.2, 0.25) is 5.95 Å². The van der Waals surface area contributed by atoms with Crippen molar-refractivity contribution in [1.29, 1.82) is 0 Å². The molecular weight excluding hydrogens is 196 g/mol. The predicted molar refractivity (Wildman–Crippen MR) is 56.6 cm³/mol. The molecule has 1 aromatic heterocycles. The smallest absolute Gasteiger partial charge is 0.305 e. The molecule has 0 spiro atoms. The molecule has 1 rings (SSSR count). The van der Waals surface area contributed by atoms with E-state index in [4.69, 9.17) is 0 Å². The van der Waals surface area contributed by atoms with Gasteiger partial charge in [-0.15, -0.1) is 0 Å². The van der Waals surface area contributed by atoms with Crippen molar-refractivity contribution in [2.45, 2.75) is 20.8 Å². The molecule has 0 unspecified atom stereocenters. The van der Waals surface area contributed by atoms with Crippen LogP contribution in [-0.4, -0.2) is 21.4 Å². The Morgan fingerprint density at radius 3 is 2.33 bits per heavy atom. The largest absolute Gasteiger partial charge is 0.354 e. The van der Waals surface area contributed by atoms with Gasteiger partial charge in [-0.3, -0.25) is 10.1 Å². The topological polar surface area (TPSA) is 81.0 Å². The molecule has 6 nitrogen and oxygen atoms in total. The Balaban J connectivity index is 2.61. The lowest BCUT2D eigenvalue weighted by atomic mass is 9.97. The summed E-state index contributed by atoms with van der Waals surface area (Å²) in [5.41, 5.74) is 0.0156. The minimum absolute atomic E-state index is 0.101. The van der Waals surface area contributed by atoms with Crippen LogP contribution in [0.25, 0.3) is 0 Å². The Kier molecular flexibility index (Phi) is 3.18. The molecule has 15 heavy (non-hydrogen) atoms. The van der Waals surface area contributed by atoms with Gasteiger partial charge in [0.05, 0.1) is 4.92 Å². The molecule has 1 N–H and O–H groups in total. The molecule has 0 fully saturated rings. The first-order valence-electron chi connectivity index (χ1n) is 4.59. The Labute approximate surface area is 87.9 Å². The monoisotopic (exact) mass is 210 g/mol. The summed E-state index contributed by atoms with van der Waals surface area (Å²) in [5, 5.41) is 13.3. The lowest BCUT2D eigenvalue weighted by Crippen LogP contribution is -2.20. The molecular formula is C9H14N4O2. The Morgan fingerprint density at radius 1 is 1.40 bits per heavy atom. The van der Waals surface area contributed by atoms with E-state index in [1.165, 1.54) is 12.4 Å². The number of nitrogens with zero attached hydrogens (tertiary/aromatic N) is 3. The van der Waals surface area contributed by atoms with Gasteiger partial charge in [-0.2, -0.15) is 0 Å². The first-order valence-corrected chi connectivity index (χ1v) is 4.59. The second kappa shape index (κ2) is 4.20. The van der Waals surface area contributed by atoms with Crippen LogP contribution < -0.4 is 5.32 Å². The third kappa shape index (κ3) is 3.88. The average Bonchev–Trinajstić information content (AvgIpc) is 2.14. The van der Waals surface area contributed by atoms with E-state index in [-0.39, 0.29) is 11.1 Å². The van der Waals surface area contributed by atoms with Gasteiger partial charge >= 0.3 is 5.69 Å². The fourth-order valence-corrected chi connectivity index (χ4v) is 0.851. The van der Waals surface area contributed by atoms with Gasteiger partial charge in [-0.1, -0.05) is 20.8 Å². The molecule has 0 bridgehead atoms. The SMILES string of the molecule is CC(C)(C)CNc1ncc([N+](=O)[O-])cn1. The van der Waals surface area contributed by atoms with Crippen LogP contribution in [0.2, 0.25) is 0 Å². The van der Waals surface area contributed by atoms with Crippen LogP contribution >= 0.6 is 0 Å². The zero-order valence-electron chi connectivity index (χ0n) is 9.02. The Bertz CT molecular complexity index is 342. The molecule has 1 aromatic rings. The third-order valence-corrected chi connectivity index (χ3v) is 1.63. The fraction of sp³-hybridized carbons (Fsp3) is 0.556. The zero-order chi connectivity index (χ0) is 11.5. The maximum atomic E-state index is 10.3. The van der Waals surface area contributed by atoms with E-state index in [1.54, 1.807) is 0 Å². The van der Waals surface area contributed by atoms with Crippen molar-refractivity contribution in [1.82, 2.24) is 9.97 Å². The molecule has 0 saturated carbocycles. The van der Waals surface area contributed by atoms with E-state index < -0.39 is 4.92 Å². The van der Waals surface area contributed by atoms with Gasteiger partial charge in [0, 0.05) is 6.54 Å². The van der Waals surface area contributed by atoms with Crippen LogP contribution in [0.15, 0.2) is 12.4 Å². The summed E-state index contributed by atoms with van der Waals surface area (Å²) in [6, 6.07) is 0. The minimum atomic E-state index is -0.520. The molecule has 0 aliphatic carbocycles. The number of hydrogen-bond donors (Lipinski definition) is 1. The highest BCUT2D eigenvalue weighted by Crippen LogP contribution is 2.14. The van der Waals surface area contributed by atoms with Crippen molar-refractivity contribution in [3.8, 4) is 0 Å². The highest BCUT2D eigenvalue weighted by atomic mass is 16.6.